The monoisotopic (exact) mass is 447 g/mol. The number of nitrogens with zero attached hydrogens (tertiary/aromatic N) is 4. The summed E-state index contributed by atoms with van der Waals surface area (Å²) in [5.41, 5.74) is 5.91. The lowest BCUT2D eigenvalue weighted by Gasteiger charge is -2.35. The minimum Gasteiger partial charge on any atom is -0.336 e. The third kappa shape index (κ3) is 3.98. The predicted molar refractivity (Wildman–Crippen MR) is 131 cm³/mol. The van der Waals surface area contributed by atoms with E-state index in [9.17, 15) is 4.79 Å². The highest BCUT2D eigenvalue weighted by atomic mass is 32.1. The van der Waals surface area contributed by atoms with Gasteiger partial charge in [0, 0.05) is 44.3 Å². The Morgan fingerprint density at radius 2 is 1.84 bits per heavy atom. The van der Waals surface area contributed by atoms with E-state index in [0.29, 0.717) is 0 Å². The second-order valence-electron chi connectivity index (χ2n) is 8.83. The van der Waals surface area contributed by atoms with Gasteiger partial charge < -0.3 is 10.2 Å². The molecule has 4 aromatic rings. The molecule has 1 fully saturated rings. The van der Waals surface area contributed by atoms with Crippen molar-refractivity contribution < 1.29 is 4.79 Å². The summed E-state index contributed by atoms with van der Waals surface area (Å²) in [6.45, 7) is 10.1. The maximum atomic E-state index is 12.4. The van der Waals surface area contributed by atoms with Gasteiger partial charge in [0.15, 0.2) is 4.96 Å². The highest BCUT2D eigenvalue weighted by Gasteiger charge is 2.25. The van der Waals surface area contributed by atoms with Crippen molar-refractivity contribution in [2.45, 2.75) is 33.4 Å². The first-order chi connectivity index (χ1) is 15.5. The summed E-state index contributed by atoms with van der Waals surface area (Å²) in [7, 11) is 0. The van der Waals surface area contributed by atoms with Crippen molar-refractivity contribution in [3.8, 4) is 11.3 Å². The van der Waals surface area contributed by atoms with Gasteiger partial charge in [-0.2, -0.15) is 0 Å². The number of imidazole rings is 1. The van der Waals surface area contributed by atoms with Crippen LogP contribution in [0.5, 0.6) is 0 Å². The number of piperazine rings is 1. The molecule has 0 spiro atoms. The second kappa shape index (κ2) is 8.56. The third-order valence-electron chi connectivity index (χ3n) is 5.99. The van der Waals surface area contributed by atoms with Crippen LogP contribution in [0.1, 0.15) is 25.1 Å². The Balaban J connectivity index is 1.47. The fraction of sp³-hybridized carbons (Fsp3) is 0.360. The van der Waals surface area contributed by atoms with Gasteiger partial charge in [0.2, 0.25) is 0 Å². The quantitative estimate of drug-likeness (QED) is 0.491. The molecule has 166 valence electrons. The smallest absolute Gasteiger partial charge is 0.317 e. The van der Waals surface area contributed by atoms with Crippen molar-refractivity contribution in [3.63, 3.8) is 0 Å². The summed E-state index contributed by atoms with van der Waals surface area (Å²) in [5, 5.41) is 3.00. The maximum Gasteiger partial charge on any atom is 0.317 e. The van der Waals surface area contributed by atoms with Crippen molar-refractivity contribution in [2.75, 3.05) is 26.2 Å². The molecule has 0 aliphatic carbocycles. The number of amides is 2. The summed E-state index contributed by atoms with van der Waals surface area (Å²) in [6, 6.07) is 17.3. The second-order valence-corrected chi connectivity index (χ2v) is 9.84. The molecule has 7 heteroatoms. The number of benzene rings is 2. The lowest BCUT2D eigenvalue weighted by atomic mass is 10.1. The molecular formula is C25H29N5OS. The molecule has 2 aromatic heterocycles. The van der Waals surface area contributed by atoms with Crippen LogP contribution in [-0.4, -0.2) is 57.4 Å². The van der Waals surface area contributed by atoms with Crippen LogP contribution in [0.4, 0.5) is 4.79 Å². The van der Waals surface area contributed by atoms with Gasteiger partial charge in [0.05, 0.1) is 21.6 Å². The van der Waals surface area contributed by atoms with Crippen molar-refractivity contribution >= 4 is 32.5 Å². The van der Waals surface area contributed by atoms with Gasteiger partial charge in [-0.1, -0.05) is 47.7 Å². The van der Waals surface area contributed by atoms with E-state index in [2.05, 4.69) is 64.0 Å². The zero-order chi connectivity index (χ0) is 22.2. The normalized spacial score (nSPS) is 15.2. The van der Waals surface area contributed by atoms with Crippen molar-refractivity contribution in [3.05, 3.63) is 59.8 Å². The van der Waals surface area contributed by atoms with E-state index >= 15 is 0 Å². The van der Waals surface area contributed by atoms with Gasteiger partial charge in [-0.05, 0) is 38.5 Å². The van der Waals surface area contributed by atoms with E-state index in [4.69, 9.17) is 4.98 Å². The minimum absolute atomic E-state index is 0.0376. The molecule has 2 amide bonds. The number of nitrogens with one attached hydrogen (secondary N) is 1. The van der Waals surface area contributed by atoms with Crippen molar-refractivity contribution in [1.29, 1.82) is 0 Å². The molecule has 0 bridgehead atoms. The fourth-order valence-electron chi connectivity index (χ4n) is 4.37. The van der Waals surface area contributed by atoms with Gasteiger partial charge in [-0.3, -0.25) is 9.30 Å². The van der Waals surface area contributed by atoms with E-state index in [0.717, 1.165) is 48.9 Å². The van der Waals surface area contributed by atoms with E-state index in [1.54, 1.807) is 11.3 Å². The number of hydrogen-bond acceptors (Lipinski definition) is 4. The van der Waals surface area contributed by atoms with Crippen LogP contribution in [-0.2, 0) is 6.54 Å². The van der Waals surface area contributed by atoms with Gasteiger partial charge in [0.25, 0.3) is 0 Å². The molecule has 1 N–H and O–H groups in total. The Morgan fingerprint density at radius 3 is 2.56 bits per heavy atom. The van der Waals surface area contributed by atoms with Crippen LogP contribution in [0.25, 0.3) is 26.4 Å². The van der Waals surface area contributed by atoms with Gasteiger partial charge in [-0.25, -0.2) is 9.78 Å². The standard InChI is InChI=1S/C25H29N5OS/c1-17(2)26-24(31)29-13-11-28(12-14-29)16-21-23(19-7-5-4-6-8-19)27-25-30(21)20-10-9-18(3)15-22(20)32-25/h4-10,15,17H,11-14,16H2,1-3H3,(H,26,31). The average Bonchev–Trinajstić information content (AvgIpc) is 3.30. The van der Waals surface area contributed by atoms with E-state index < -0.39 is 0 Å². The molecule has 6 nitrogen and oxygen atoms in total. The Labute approximate surface area is 192 Å². The minimum atomic E-state index is 0.0376. The van der Waals surface area contributed by atoms with Crippen LogP contribution >= 0.6 is 11.3 Å². The molecule has 0 atom stereocenters. The highest BCUT2D eigenvalue weighted by molar-refractivity contribution is 7.23. The van der Waals surface area contributed by atoms with E-state index in [1.165, 1.54) is 21.5 Å². The predicted octanol–water partition coefficient (Wildman–Crippen LogP) is 4.76. The number of fused-ring (bicyclic) bond motifs is 3. The number of aryl methyl sites for hydroxylation is 1. The molecule has 32 heavy (non-hydrogen) atoms. The number of thiazole rings is 1. The molecule has 1 saturated heterocycles. The molecule has 0 saturated carbocycles. The first-order valence-corrected chi connectivity index (χ1v) is 12.0. The molecule has 0 unspecified atom stereocenters. The van der Waals surface area contributed by atoms with Gasteiger partial charge in [-0.15, -0.1) is 0 Å². The summed E-state index contributed by atoms with van der Waals surface area (Å²) in [5.74, 6) is 0. The van der Waals surface area contributed by atoms with Crippen LogP contribution in [0, 0.1) is 6.92 Å². The highest BCUT2D eigenvalue weighted by Crippen LogP contribution is 2.34. The fourth-order valence-corrected chi connectivity index (χ4v) is 5.51. The number of urea groups is 1. The number of carbonyl (C=O) groups is 1. The van der Waals surface area contributed by atoms with Crippen LogP contribution in [0.2, 0.25) is 0 Å². The first kappa shape index (κ1) is 21.0. The van der Waals surface area contributed by atoms with E-state index in [1.807, 2.05) is 24.8 Å². The van der Waals surface area contributed by atoms with Crippen LogP contribution in [0.15, 0.2) is 48.5 Å². The first-order valence-electron chi connectivity index (χ1n) is 11.2. The molecule has 5 rings (SSSR count). The van der Waals surface area contributed by atoms with Gasteiger partial charge in [0.1, 0.15) is 0 Å². The summed E-state index contributed by atoms with van der Waals surface area (Å²) in [6.07, 6.45) is 0. The SMILES string of the molecule is Cc1ccc2c(c1)sc1nc(-c3ccccc3)c(CN3CCN(C(=O)NC(C)C)CC3)n12. The number of rotatable bonds is 4. The zero-order valence-corrected chi connectivity index (χ0v) is 19.7. The largest absolute Gasteiger partial charge is 0.336 e. The van der Waals surface area contributed by atoms with Crippen molar-refractivity contribution in [1.82, 2.24) is 24.5 Å². The van der Waals surface area contributed by atoms with Crippen molar-refractivity contribution in [2.24, 2.45) is 0 Å². The Morgan fingerprint density at radius 1 is 1.09 bits per heavy atom. The van der Waals surface area contributed by atoms with E-state index in [-0.39, 0.29) is 12.1 Å². The average molecular weight is 448 g/mol. The Hall–Kier alpha value is -2.90. The summed E-state index contributed by atoms with van der Waals surface area (Å²) < 4.78 is 3.60. The lowest BCUT2D eigenvalue weighted by molar-refractivity contribution is 0.133. The maximum absolute atomic E-state index is 12.4. The number of aromatic nitrogens is 2. The molecule has 1 aliphatic heterocycles. The topological polar surface area (TPSA) is 52.9 Å². The molecule has 2 aromatic carbocycles. The Bertz CT molecular complexity index is 1250. The number of hydrogen-bond donors (Lipinski definition) is 1. The zero-order valence-electron chi connectivity index (χ0n) is 18.8. The van der Waals surface area contributed by atoms with Crippen LogP contribution < -0.4 is 5.32 Å². The molecule has 1 aliphatic rings. The van der Waals surface area contributed by atoms with Gasteiger partial charge >= 0.3 is 6.03 Å². The third-order valence-corrected chi connectivity index (χ3v) is 7.00. The lowest BCUT2D eigenvalue weighted by Crippen LogP contribution is -2.52. The van der Waals surface area contributed by atoms with Crippen LogP contribution in [0.3, 0.4) is 0 Å². The molecule has 3 heterocycles. The molecule has 0 radical (unpaired) electrons. The number of carbonyl (C=O) groups excluding carboxylic acids is 1. The summed E-state index contributed by atoms with van der Waals surface area (Å²) in [4.78, 5) is 22.8. The Kier molecular flexibility index (Phi) is 5.61. The molecular weight excluding hydrogens is 418 g/mol. The summed E-state index contributed by atoms with van der Waals surface area (Å²) >= 11 is 1.75.